The van der Waals surface area contributed by atoms with E-state index in [1.807, 2.05) is 32.9 Å². The number of hydrogen-bond acceptors (Lipinski definition) is 6. The Labute approximate surface area is 188 Å². The van der Waals surface area contributed by atoms with Crippen LogP contribution in [0.25, 0.3) is 0 Å². The molecular weight excluding hydrogens is 408 g/mol. The summed E-state index contributed by atoms with van der Waals surface area (Å²) < 4.78 is 16.8. The first-order chi connectivity index (χ1) is 14.9. The van der Waals surface area contributed by atoms with Gasteiger partial charge in [-0.1, -0.05) is 19.9 Å². The molecule has 170 valence electrons. The number of furan rings is 1. The van der Waals surface area contributed by atoms with Crippen LogP contribution in [0.1, 0.15) is 65.5 Å². The van der Waals surface area contributed by atoms with Crippen LogP contribution in [0.3, 0.4) is 0 Å². The quantitative estimate of drug-likeness (QED) is 0.591. The van der Waals surface area contributed by atoms with Gasteiger partial charge in [0.15, 0.2) is 0 Å². The predicted octanol–water partition coefficient (Wildman–Crippen LogP) is 4.71. The van der Waals surface area contributed by atoms with Crippen LogP contribution in [0.5, 0.6) is 0 Å². The number of carbonyl (C=O) groups is 3. The van der Waals surface area contributed by atoms with Crippen molar-refractivity contribution in [2.45, 2.75) is 65.6 Å². The summed E-state index contributed by atoms with van der Waals surface area (Å²) >= 11 is 0. The van der Waals surface area contributed by atoms with Crippen LogP contribution in [0.2, 0.25) is 0 Å². The molecule has 5 rings (SSSR count). The van der Waals surface area contributed by atoms with Crippen molar-refractivity contribution in [2.75, 3.05) is 0 Å². The topological polar surface area (TPSA) is 82.8 Å². The van der Waals surface area contributed by atoms with Crippen molar-refractivity contribution in [1.82, 2.24) is 0 Å². The fraction of sp³-hybridized carbons (Fsp3) is 0.577. The minimum Gasteiger partial charge on any atom is -0.472 e. The Morgan fingerprint density at radius 3 is 2.44 bits per heavy atom. The van der Waals surface area contributed by atoms with Crippen molar-refractivity contribution in [2.24, 2.45) is 28.1 Å². The summed E-state index contributed by atoms with van der Waals surface area (Å²) in [6.07, 6.45) is 9.52. The molecule has 2 fully saturated rings. The Balaban J connectivity index is 1.67. The van der Waals surface area contributed by atoms with Gasteiger partial charge < -0.3 is 13.9 Å². The van der Waals surface area contributed by atoms with Crippen molar-refractivity contribution in [3.05, 3.63) is 48.0 Å². The minimum atomic E-state index is -0.840. The summed E-state index contributed by atoms with van der Waals surface area (Å²) in [7, 11) is 0. The van der Waals surface area contributed by atoms with Gasteiger partial charge in [0.05, 0.1) is 17.9 Å². The molecule has 0 spiro atoms. The highest BCUT2D eigenvalue weighted by molar-refractivity contribution is 5.94. The largest absolute Gasteiger partial charge is 0.472 e. The smallest absolute Gasteiger partial charge is 0.331 e. The molecule has 2 saturated carbocycles. The van der Waals surface area contributed by atoms with Gasteiger partial charge in [-0.25, -0.2) is 9.59 Å². The zero-order valence-electron chi connectivity index (χ0n) is 19.3. The molecular formula is C26H30O6. The van der Waals surface area contributed by atoms with Gasteiger partial charge in [0.2, 0.25) is 0 Å². The molecule has 6 atom stereocenters. The molecule has 6 nitrogen and oxygen atoms in total. The number of carbonyl (C=O) groups excluding carboxylic acids is 3. The van der Waals surface area contributed by atoms with Gasteiger partial charge in [0, 0.05) is 35.5 Å². The van der Waals surface area contributed by atoms with E-state index >= 15 is 0 Å². The Bertz CT molecular complexity index is 1060. The molecule has 2 aliphatic heterocycles. The van der Waals surface area contributed by atoms with Crippen molar-refractivity contribution >= 4 is 17.7 Å². The van der Waals surface area contributed by atoms with Crippen molar-refractivity contribution in [3.63, 3.8) is 0 Å². The normalized spacial score (nSPS) is 42.6. The summed E-state index contributed by atoms with van der Waals surface area (Å²) in [6, 6.07) is 1.82. The first kappa shape index (κ1) is 21.2. The van der Waals surface area contributed by atoms with E-state index in [2.05, 4.69) is 13.8 Å². The number of esters is 2. The maximum absolute atomic E-state index is 13.9. The second-order valence-electron chi connectivity index (χ2n) is 11.0. The second-order valence-corrected chi connectivity index (χ2v) is 11.0. The Morgan fingerprint density at radius 1 is 1.00 bits per heavy atom. The average Bonchev–Trinajstić information content (AvgIpc) is 3.21. The molecule has 0 radical (unpaired) electrons. The minimum absolute atomic E-state index is 0.0681. The van der Waals surface area contributed by atoms with Gasteiger partial charge in [0.25, 0.3) is 0 Å². The van der Waals surface area contributed by atoms with Crippen LogP contribution in [0.15, 0.2) is 46.8 Å². The summed E-state index contributed by atoms with van der Waals surface area (Å²) in [4.78, 5) is 39.0. The SMILES string of the molecule is CC1(C)OC(=O)C=C[C@@]2(C)[C@H]1CC(=O)[C@@]1(C)C3=CC(=O)O[C@@H](c4ccoc4)[C@]3(C)CC[C@@H]12. The third-order valence-corrected chi connectivity index (χ3v) is 9.00. The Hall–Kier alpha value is -2.63. The number of allylic oxidation sites excluding steroid dienone is 1. The number of hydrogen-bond donors (Lipinski definition) is 0. The Kier molecular flexibility index (Phi) is 4.28. The van der Waals surface area contributed by atoms with E-state index < -0.39 is 33.9 Å². The number of cyclic esters (lactones) is 2. The lowest BCUT2D eigenvalue weighted by molar-refractivity contribution is -0.179. The maximum Gasteiger partial charge on any atom is 0.331 e. The number of ketones is 1. The molecule has 0 bridgehead atoms. The molecule has 0 amide bonds. The van der Waals surface area contributed by atoms with E-state index in [0.29, 0.717) is 0 Å². The van der Waals surface area contributed by atoms with Gasteiger partial charge in [-0.15, -0.1) is 0 Å². The van der Waals surface area contributed by atoms with Crippen molar-refractivity contribution in [3.8, 4) is 0 Å². The fourth-order valence-electron chi connectivity index (χ4n) is 7.47. The second kappa shape index (κ2) is 6.46. The van der Waals surface area contributed by atoms with E-state index in [4.69, 9.17) is 13.9 Å². The molecule has 4 aliphatic rings. The fourth-order valence-corrected chi connectivity index (χ4v) is 7.47. The van der Waals surface area contributed by atoms with E-state index in [0.717, 1.165) is 24.0 Å². The van der Waals surface area contributed by atoms with Gasteiger partial charge in [-0.2, -0.15) is 0 Å². The monoisotopic (exact) mass is 438 g/mol. The van der Waals surface area contributed by atoms with Gasteiger partial charge >= 0.3 is 11.9 Å². The highest BCUT2D eigenvalue weighted by atomic mass is 16.6. The lowest BCUT2D eigenvalue weighted by Crippen LogP contribution is -2.62. The van der Waals surface area contributed by atoms with Crippen LogP contribution >= 0.6 is 0 Å². The number of ether oxygens (including phenoxy) is 2. The molecule has 0 unspecified atom stereocenters. The van der Waals surface area contributed by atoms with Crippen LogP contribution in [0.4, 0.5) is 0 Å². The van der Waals surface area contributed by atoms with E-state index in [-0.39, 0.29) is 30.0 Å². The summed E-state index contributed by atoms with van der Waals surface area (Å²) in [5.74, 6) is -0.918. The number of Topliss-reactive ketones (excluding diaryl/α,β-unsaturated/α-hetero) is 1. The van der Waals surface area contributed by atoms with E-state index in [1.165, 1.54) is 6.08 Å². The average molecular weight is 439 g/mol. The lowest BCUT2D eigenvalue weighted by Gasteiger charge is -2.63. The van der Waals surface area contributed by atoms with Crippen LogP contribution in [-0.2, 0) is 23.9 Å². The molecule has 0 saturated heterocycles. The lowest BCUT2D eigenvalue weighted by atomic mass is 9.40. The highest BCUT2D eigenvalue weighted by Crippen LogP contribution is 2.69. The third kappa shape index (κ3) is 2.61. The summed E-state index contributed by atoms with van der Waals surface area (Å²) in [6.45, 7) is 10.0. The summed E-state index contributed by atoms with van der Waals surface area (Å²) in [5, 5.41) is 0. The van der Waals surface area contributed by atoms with Gasteiger partial charge in [-0.3, -0.25) is 4.79 Å². The third-order valence-electron chi connectivity index (χ3n) is 9.00. The maximum atomic E-state index is 13.9. The molecule has 1 aromatic rings. The van der Waals surface area contributed by atoms with E-state index in [1.54, 1.807) is 18.6 Å². The summed E-state index contributed by atoms with van der Waals surface area (Å²) in [5.41, 5.74) is -0.920. The zero-order valence-corrected chi connectivity index (χ0v) is 19.3. The number of fused-ring (bicyclic) bond motifs is 5. The molecule has 1 aromatic heterocycles. The Morgan fingerprint density at radius 2 is 1.75 bits per heavy atom. The van der Waals surface area contributed by atoms with Gasteiger partial charge in [0.1, 0.15) is 17.5 Å². The van der Waals surface area contributed by atoms with Crippen molar-refractivity contribution < 1.29 is 28.3 Å². The molecule has 0 aromatic carbocycles. The van der Waals surface area contributed by atoms with Crippen LogP contribution in [-0.4, -0.2) is 23.3 Å². The molecule has 2 aliphatic carbocycles. The highest BCUT2D eigenvalue weighted by Gasteiger charge is 2.67. The van der Waals surface area contributed by atoms with Crippen LogP contribution < -0.4 is 0 Å². The van der Waals surface area contributed by atoms with Crippen LogP contribution in [0, 0.1) is 28.1 Å². The molecule has 6 heteroatoms. The molecule has 0 N–H and O–H groups in total. The van der Waals surface area contributed by atoms with Gasteiger partial charge in [-0.05, 0) is 56.6 Å². The van der Waals surface area contributed by atoms with E-state index in [9.17, 15) is 14.4 Å². The standard InChI is InChI=1S/C26H30O6/c1-23(2)17-12-19(27)26(5)16(24(17,3)10-7-20(28)32-23)6-9-25(4)18(26)13-21(29)31-22(25)15-8-11-30-14-15/h7-8,10-11,13-14,16-17,22H,6,9,12H2,1-5H3/t16-,17+,22+,24-,25-,26-/m1/s1. The molecule has 32 heavy (non-hydrogen) atoms. The first-order valence-corrected chi connectivity index (χ1v) is 11.3. The number of rotatable bonds is 1. The van der Waals surface area contributed by atoms with Crippen molar-refractivity contribution in [1.29, 1.82) is 0 Å². The first-order valence-electron chi connectivity index (χ1n) is 11.3. The predicted molar refractivity (Wildman–Crippen MR) is 115 cm³/mol. The zero-order chi connectivity index (χ0) is 23.1. The molecule has 3 heterocycles.